The van der Waals surface area contributed by atoms with E-state index in [1.165, 1.54) is 17.2 Å². The van der Waals surface area contributed by atoms with Crippen molar-refractivity contribution in [1.29, 1.82) is 0 Å². The summed E-state index contributed by atoms with van der Waals surface area (Å²) in [5.41, 5.74) is 11.2. The number of hydrogen-bond acceptors (Lipinski definition) is 1. The number of nitrogens with two attached hydrogens (primary N) is 1. The maximum Gasteiger partial charge on any atom is 0.123 e. The van der Waals surface area contributed by atoms with Gasteiger partial charge >= 0.3 is 0 Å². The van der Waals surface area contributed by atoms with E-state index >= 15 is 0 Å². The summed E-state index contributed by atoms with van der Waals surface area (Å²) in [7, 11) is 0. The number of halogens is 1. The molecule has 0 bridgehead atoms. The van der Waals surface area contributed by atoms with Crippen LogP contribution in [0.1, 0.15) is 28.3 Å². The van der Waals surface area contributed by atoms with Crippen LogP contribution in [0.5, 0.6) is 0 Å². The Hall–Kier alpha value is -1.67. The molecule has 0 aromatic heterocycles. The predicted molar refractivity (Wildman–Crippen MR) is 75.4 cm³/mol. The molecule has 0 spiro atoms. The van der Waals surface area contributed by atoms with Crippen molar-refractivity contribution in [3.8, 4) is 0 Å². The SMILES string of the molecule is Cc1cc(F)ccc1C(N)C1Cc2ccccc2C1. The molecule has 2 N–H and O–H groups in total. The molecule has 0 aliphatic heterocycles. The highest BCUT2D eigenvalue weighted by atomic mass is 19.1. The van der Waals surface area contributed by atoms with Crippen LogP contribution in [-0.4, -0.2) is 0 Å². The fourth-order valence-corrected chi connectivity index (χ4v) is 3.11. The largest absolute Gasteiger partial charge is 0.324 e. The molecule has 0 heterocycles. The minimum absolute atomic E-state index is 0.0204. The van der Waals surface area contributed by atoms with Crippen LogP contribution in [0.2, 0.25) is 0 Å². The van der Waals surface area contributed by atoms with Crippen molar-refractivity contribution >= 4 is 0 Å². The average Bonchev–Trinajstić information content (AvgIpc) is 2.81. The van der Waals surface area contributed by atoms with Gasteiger partial charge in [0.1, 0.15) is 5.82 Å². The smallest absolute Gasteiger partial charge is 0.123 e. The van der Waals surface area contributed by atoms with Crippen LogP contribution in [0.4, 0.5) is 4.39 Å². The van der Waals surface area contributed by atoms with Crippen molar-refractivity contribution in [1.82, 2.24) is 0 Å². The molecule has 1 aliphatic rings. The highest BCUT2D eigenvalue weighted by Crippen LogP contribution is 2.34. The molecule has 0 amide bonds. The summed E-state index contributed by atoms with van der Waals surface area (Å²) in [5, 5.41) is 0. The molecule has 2 aromatic rings. The van der Waals surface area contributed by atoms with Crippen molar-refractivity contribution in [2.24, 2.45) is 11.7 Å². The monoisotopic (exact) mass is 255 g/mol. The number of benzene rings is 2. The third-order valence-electron chi connectivity index (χ3n) is 4.18. The van der Waals surface area contributed by atoms with E-state index in [-0.39, 0.29) is 11.9 Å². The molecule has 1 nitrogen and oxygen atoms in total. The lowest BCUT2D eigenvalue weighted by atomic mass is 9.89. The molecule has 0 radical (unpaired) electrons. The van der Waals surface area contributed by atoms with Gasteiger partial charge in [0.2, 0.25) is 0 Å². The van der Waals surface area contributed by atoms with Crippen LogP contribution in [-0.2, 0) is 12.8 Å². The highest BCUT2D eigenvalue weighted by Gasteiger charge is 2.27. The Kier molecular flexibility index (Phi) is 3.11. The normalized spacial score (nSPS) is 16.4. The van der Waals surface area contributed by atoms with E-state index < -0.39 is 0 Å². The molecule has 3 rings (SSSR count). The summed E-state index contributed by atoms with van der Waals surface area (Å²) in [6.07, 6.45) is 2.04. The van der Waals surface area contributed by atoms with E-state index in [1.807, 2.05) is 13.0 Å². The van der Waals surface area contributed by atoms with E-state index in [9.17, 15) is 4.39 Å². The van der Waals surface area contributed by atoms with Gasteiger partial charge in [-0.25, -0.2) is 4.39 Å². The van der Waals surface area contributed by atoms with Crippen molar-refractivity contribution in [3.05, 3.63) is 70.5 Å². The van der Waals surface area contributed by atoms with E-state index in [2.05, 4.69) is 24.3 Å². The van der Waals surface area contributed by atoms with Gasteiger partial charge in [0, 0.05) is 6.04 Å². The zero-order valence-corrected chi connectivity index (χ0v) is 11.1. The Bertz CT molecular complexity index is 581. The van der Waals surface area contributed by atoms with Crippen molar-refractivity contribution in [2.75, 3.05) is 0 Å². The van der Waals surface area contributed by atoms with E-state index in [1.54, 1.807) is 6.07 Å². The molecule has 1 unspecified atom stereocenters. The van der Waals surface area contributed by atoms with Crippen LogP contribution < -0.4 is 5.73 Å². The fourth-order valence-electron chi connectivity index (χ4n) is 3.11. The topological polar surface area (TPSA) is 26.0 Å². The first-order valence-electron chi connectivity index (χ1n) is 6.73. The molecule has 2 heteroatoms. The maximum atomic E-state index is 13.2. The summed E-state index contributed by atoms with van der Waals surface area (Å²) in [4.78, 5) is 0. The summed E-state index contributed by atoms with van der Waals surface area (Å²) in [6, 6.07) is 13.4. The summed E-state index contributed by atoms with van der Waals surface area (Å²) in [5.74, 6) is 0.227. The number of hydrogen-bond donors (Lipinski definition) is 1. The van der Waals surface area contributed by atoms with Crippen LogP contribution in [0.15, 0.2) is 42.5 Å². The van der Waals surface area contributed by atoms with Gasteiger partial charge in [0.05, 0.1) is 0 Å². The van der Waals surface area contributed by atoms with Gasteiger partial charge in [-0.3, -0.25) is 0 Å². The second-order valence-corrected chi connectivity index (χ2v) is 5.46. The van der Waals surface area contributed by atoms with Crippen molar-refractivity contribution < 1.29 is 4.39 Å². The van der Waals surface area contributed by atoms with Gasteiger partial charge < -0.3 is 5.73 Å². The Labute approximate surface area is 113 Å². The van der Waals surface area contributed by atoms with E-state index in [0.29, 0.717) is 5.92 Å². The second kappa shape index (κ2) is 4.78. The van der Waals surface area contributed by atoms with Gasteiger partial charge in [-0.05, 0) is 60.1 Å². The third-order valence-corrected chi connectivity index (χ3v) is 4.18. The molecule has 1 aliphatic carbocycles. The van der Waals surface area contributed by atoms with Crippen molar-refractivity contribution in [3.63, 3.8) is 0 Å². The maximum absolute atomic E-state index is 13.2. The zero-order valence-electron chi connectivity index (χ0n) is 11.1. The molecular weight excluding hydrogens is 237 g/mol. The van der Waals surface area contributed by atoms with Crippen LogP contribution in [0, 0.1) is 18.7 Å². The summed E-state index contributed by atoms with van der Waals surface area (Å²) >= 11 is 0. The molecule has 0 saturated carbocycles. The lowest BCUT2D eigenvalue weighted by molar-refractivity contribution is 0.451. The van der Waals surface area contributed by atoms with Gasteiger partial charge in [-0.15, -0.1) is 0 Å². The minimum atomic E-state index is -0.192. The highest BCUT2D eigenvalue weighted by molar-refractivity contribution is 5.36. The van der Waals surface area contributed by atoms with E-state index in [4.69, 9.17) is 5.73 Å². The second-order valence-electron chi connectivity index (χ2n) is 5.46. The minimum Gasteiger partial charge on any atom is -0.324 e. The molecule has 19 heavy (non-hydrogen) atoms. The third kappa shape index (κ3) is 2.28. The fraction of sp³-hybridized carbons (Fsp3) is 0.294. The predicted octanol–water partition coefficient (Wildman–Crippen LogP) is 3.55. The van der Waals surface area contributed by atoms with Crippen LogP contribution >= 0.6 is 0 Å². The summed E-state index contributed by atoms with van der Waals surface area (Å²) in [6.45, 7) is 1.93. The van der Waals surface area contributed by atoms with Crippen LogP contribution in [0.3, 0.4) is 0 Å². The molecule has 0 fully saturated rings. The Morgan fingerprint density at radius 1 is 1.11 bits per heavy atom. The van der Waals surface area contributed by atoms with Gasteiger partial charge in [0.15, 0.2) is 0 Å². The van der Waals surface area contributed by atoms with Crippen molar-refractivity contribution in [2.45, 2.75) is 25.8 Å². The first-order chi connectivity index (χ1) is 9.15. The van der Waals surface area contributed by atoms with Crippen LogP contribution in [0.25, 0.3) is 0 Å². The quantitative estimate of drug-likeness (QED) is 0.872. The van der Waals surface area contributed by atoms with Gasteiger partial charge in [-0.2, -0.15) is 0 Å². The number of rotatable bonds is 2. The van der Waals surface area contributed by atoms with Gasteiger partial charge in [0.25, 0.3) is 0 Å². The summed E-state index contributed by atoms with van der Waals surface area (Å²) < 4.78 is 13.2. The van der Waals surface area contributed by atoms with E-state index in [0.717, 1.165) is 24.0 Å². The van der Waals surface area contributed by atoms with Gasteiger partial charge in [-0.1, -0.05) is 30.3 Å². The molecule has 98 valence electrons. The lowest BCUT2D eigenvalue weighted by Gasteiger charge is -2.21. The first kappa shape index (κ1) is 12.4. The number of aryl methyl sites for hydroxylation is 1. The Morgan fingerprint density at radius 2 is 1.74 bits per heavy atom. The number of fused-ring (bicyclic) bond motifs is 1. The lowest BCUT2D eigenvalue weighted by Crippen LogP contribution is -2.22. The molecule has 0 saturated heterocycles. The Balaban J connectivity index is 1.85. The molecular formula is C17H18FN. The average molecular weight is 255 g/mol. The Morgan fingerprint density at radius 3 is 2.32 bits per heavy atom. The standard InChI is InChI=1S/C17H18FN/c1-11-8-15(18)6-7-16(11)17(19)14-9-12-4-2-3-5-13(12)10-14/h2-8,14,17H,9-10,19H2,1H3. The zero-order chi connectivity index (χ0) is 13.4. The first-order valence-corrected chi connectivity index (χ1v) is 6.73. The molecule has 2 aromatic carbocycles. The molecule has 1 atom stereocenters.